The Morgan fingerprint density at radius 2 is 1.75 bits per heavy atom. The van der Waals surface area contributed by atoms with E-state index in [-0.39, 0.29) is 6.54 Å². The van der Waals surface area contributed by atoms with Crippen LogP contribution in [-0.2, 0) is 4.79 Å². The van der Waals surface area contributed by atoms with Crippen molar-refractivity contribution in [3.63, 3.8) is 0 Å². The van der Waals surface area contributed by atoms with Crippen molar-refractivity contribution >= 4 is 29.1 Å². The lowest BCUT2D eigenvalue weighted by molar-refractivity contribution is -0.116. The molecule has 1 heterocycles. The number of anilines is 3. The normalized spacial score (nSPS) is 10.5. The van der Waals surface area contributed by atoms with Gasteiger partial charge in [-0.2, -0.15) is 0 Å². The molecule has 0 aliphatic rings. The van der Waals surface area contributed by atoms with Crippen LogP contribution in [-0.4, -0.2) is 39.8 Å². The molecule has 0 radical (unpaired) electrons. The summed E-state index contributed by atoms with van der Waals surface area (Å²) in [6, 6.07) is 9.87. The van der Waals surface area contributed by atoms with Crippen molar-refractivity contribution in [1.29, 1.82) is 0 Å². The van der Waals surface area contributed by atoms with E-state index in [1.54, 1.807) is 42.7 Å². The first-order valence-electron chi connectivity index (χ1n) is 9.75. The molecule has 0 unspecified atom stereocenters. The predicted octanol–water partition coefficient (Wildman–Crippen LogP) is 4.13. The number of carbonyl (C=O) groups is 2. The Kier molecular flexibility index (Phi) is 7.37. The van der Waals surface area contributed by atoms with Gasteiger partial charge in [-0.3, -0.25) is 9.59 Å². The number of rotatable bonds is 8. The van der Waals surface area contributed by atoms with Crippen LogP contribution in [0.2, 0.25) is 0 Å². The zero-order chi connectivity index (χ0) is 23.1. The van der Waals surface area contributed by atoms with E-state index in [0.29, 0.717) is 29.7 Å². The van der Waals surface area contributed by atoms with Crippen LogP contribution in [0.1, 0.15) is 23.7 Å². The van der Waals surface area contributed by atoms with Crippen molar-refractivity contribution in [2.45, 2.75) is 13.3 Å². The van der Waals surface area contributed by atoms with E-state index in [9.17, 15) is 22.8 Å². The maximum absolute atomic E-state index is 13.8. The third-order valence-corrected chi connectivity index (χ3v) is 4.36. The van der Waals surface area contributed by atoms with E-state index in [1.165, 1.54) is 4.90 Å². The molecule has 3 aromatic rings. The summed E-state index contributed by atoms with van der Waals surface area (Å²) in [7, 11) is 0. The first kappa shape index (κ1) is 22.7. The lowest BCUT2D eigenvalue weighted by atomic mass is 10.1. The molecule has 10 heteroatoms. The van der Waals surface area contributed by atoms with Crippen molar-refractivity contribution in [2.75, 3.05) is 23.7 Å². The third-order valence-electron chi connectivity index (χ3n) is 4.36. The summed E-state index contributed by atoms with van der Waals surface area (Å²) in [6.45, 7) is 1.69. The van der Waals surface area contributed by atoms with E-state index in [2.05, 4.69) is 20.6 Å². The van der Waals surface area contributed by atoms with Crippen molar-refractivity contribution in [1.82, 2.24) is 14.9 Å². The number of hydrogen-bond acceptors (Lipinski definition) is 5. The van der Waals surface area contributed by atoms with Gasteiger partial charge in [-0.1, -0.05) is 13.0 Å². The van der Waals surface area contributed by atoms with Crippen molar-refractivity contribution < 1.29 is 22.8 Å². The van der Waals surface area contributed by atoms with Crippen molar-refractivity contribution in [3.05, 3.63) is 77.9 Å². The second kappa shape index (κ2) is 10.4. The number of hydrogen-bond donors (Lipinski definition) is 2. The number of nitrogens with one attached hydrogen (secondary N) is 2. The Hall–Kier alpha value is -3.95. The van der Waals surface area contributed by atoms with Crippen LogP contribution in [0.3, 0.4) is 0 Å². The van der Waals surface area contributed by atoms with Crippen LogP contribution in [0.25, 0.3) is 0 Å². The van der Waals surface area contributed by atoms with Gasteiger partial charge < -0.3 is 15.5 Å². The van der Waals surface area contributed by atoms with Gasteiger partial charge in [-0.15, -0.1) is 0 Å². The highest BCUT2D eigenvalue weighted by Crippen LogP contribution is 2.20. The quantitative estimate of drug-likeness (QED) is 0.512. The van der Waals surface area contributed by atoms with Gasteiger partial charge in [-0.25, -0.2) is 23.1 Å². The average Bonchev–Trinajstić information content (AvgIpc) is 2.79. The van der Waals surface area contributed by atoms with Gasteiger partial charge in [0.1, 0.15) is 6.54 Å². The molecule has 0 bridgehead atoms. The number of aromatic nitrogens is 2. The molecule has 0 saturated heterocycles. The summed E-state index contributed by atoms with van der Waals surface area (Å²) >= 11 is 0. The molecule has 0 spiro atoms. The molecule has 0 atom stereocenters. The second-order valence-corrected chi connectivity index (χ2v) is 6.78. The van der Waals surface area contributed by atoms with Crippen LogP contribution in [0.4, 0.5) is 30.5 Å². The maximum Gasteiger partial charge on any atom is 0.254 e. The van der Waals surface area contributed by atoms with Gasteiger partial charge in [0, 0.05) is 30.2 Å². The fourth-order valence-corrected chi connectivity index (χ4v) is 2.91. The average molecular weight is 443 g/mol. The molecule has 7 nitrogen and oxygen atoms in total. The minimum absolute atomic E-state index is 0.256. The summed E-state index contributed by atoms with van der Waals surface area (Å²) < 4.78 is 40.3. The van der Waals surface area contributed by atoms with Crippen LogP contribution in [0.5, 0.6) is 0 Å². The van der Waals surface area contributed by atoms with Gasteiger partial charge in [0.15, 0.2) is 17.5 Å². The number of amides is 2. The molecule has 2 N–H and O–H groups in total. The molecular weight excluding hydrogens is 423 g/mol. The monoisotopic (exact) mass is 443 g/mol. The van der Waals surface area contributed by atoms with Crippen LogP contribution in [0.15, 0.2) is 54.9 Å². The van der Waals surface area contributed by atoms with E-state index < -0.39 is 41.5 Å². The Bertz CT molecular complexity index is 1110. The summed E-state index contributed by atoms with van der Waals surface area (Å²) in [5, 5.41) is 5.15. The Morgan fingerprint density at radius 3 is 2.47 bits per heavy atom. The molecule has 0 aliphatic carbocycles. The fourth-order valence-electron chi connectivity index (χ4n) is 2.91. The summed E-state index contributed by atoms with van der Waals surface area (Å²) in [6.07, 6.45) is 3.71. The smallest absolute Gasteiger partial charge is 0.254 e. The molecule has 0 fully saturated rings. The van der Waals surface area contributed by atoms with Crippen LogP contribution >= 0.6 is 0 Å². The molecule has 0 aliphatic heterocycles. The van der Waals surface area contributed by atoms with Crippen LogP contribution < -0.4 is 10.6 Å². The molecule has 1 aromatic heterocycles. The van der Waals surface area contributed by atoms with Crippen molar-refractivity contribution in [2.24, 2.45) is 0 Å². The zero-order valence-corrected chi connectivity index (χ0v) is 17.1. The molecule has 32 heavy (non-hydrogen) atoms. The fraction of sp³-hybridized carbons (Fsp3) is 0.182. The second-order valence-electron chi connectivity index (χ2n) is 6.78. The maximum atomic E-state index is 13.8. The Balaban J connectivity index is 1.72. The van der Waals surface area contributed by atoms with Gasteiger partial charge in [-0.05, 0) is 42.8 Å². The standard InChI is InChI=1S/C22H20F3N5O2/c1-2-11-30(13-18(31)29-17-8-7-16(23)19(24)20(17)25)21(32)14-5-3-6-15(12-14)28-22-26-9-4-10-27-22/h3-10,12H,2,11,13H2,1H3,(H,29,31)(H,26,27,28). The minimum Gasteiger partial charge on any atom is -0.329 e. The molecule has 3 rings (SSSR count). The largest absolute Gasteiger partial charge is 0.329 e. The van der Waals surface area contributed by atoms with Gasteiger partial charge in [0.05, 0.1) is 5.69 Å². The Labute approximate surface area is 182 Å². The number of nitrogens with zero attached hydrogens (tertiary/aromatic N) is 3. The molecule has 166 valence electrons. The van der Waals surface area contributed by atoms with Crippen LogP contribution in [0, 0.1) is 17.5 Å². The SMILES string of the molecule is CCCN(CC(=O)Nc1ccc(F)c(F)c1F)C(=O)c1cccc(Nc2ncccn2)c1. The summed E-state index contributed by atoms with van der Waals surface area (Å²) in [4.78, 5) is 34.8. The number of benzene rings is 2. The Morgan fingerprint density at radius 1 is 1.00 bits per heavy atom. The topological polar surface area (TPSA) is 87.2 Å². The van der Waals surface area contributed by atoms with E-state index in [4.69, 9.17) is 0 Å². The first-order chi connectivity index (χ1) is 15.4. The number of carbonyl (C=O) groups excluding carboxylic acids is 2. The zero-order valence-electron chi connectivity index (χ0n) is 17.1. The molecular formula is C22H20F3N5O2. The molecule has 0 saturated carbocycles. The highest BCUT2D eigenvalue weighted by molar-refractivity contribution is 6.00. The van der Waals surface area contributed by atoms with Gasteiger partial charge in [0.25, 0.3) is 5.91 Å². The lowest BCUT2D eigenvalue weighted by Gasteiger charge is -2.22. The van der Waals surface area contributed by atoms with Gasteiger partial charge in [0.2, 0.25) is 11.9 Å². The third kappa shape index (κ3) is 5.60. The van der Waals surface area contributed by atoms with E-state index in [0.717, 1.165) is 6.07 Å². The van der Waals surface area contributed by atoms with E-state index >= 15 is 0 Å². The molecule has 2 amide bonds. The first-order valence-corrected chi connectivity index (χ1v) is 9.75. The highest BCUT2D eigenvalue weighted by atomic mass is 19.2. The minimum atomic E-state index is -1.68. The van der Waals surface area contributed by atoms with Crippen molar-refractivity contribution in [3.8, 4) is 0 Å². The van der Waals surface area contributed by atoms with E-state index in [1.807, 2.05) is 6.92 Å². The number of halogens is 3. The summed E-state index contributed by atoms with van der Waals surface area (Å²) in [5.74, 6) is -5.37. The molecule has 2 aromatic carbocycles. The van der Waals surface area contributed by atoms with Gasteiger partial charge >= 0.3 is 0 Å². The highest BCUT2D eigenvalue weighted by Gasteiger charge is 2.21. The summed E-state index contributed by atoms with van der Waals surface area (Å²) in [5.41, 5.74) is 0.379. The predicted molar refractivity (Wildman–Crippen MR) is 113 cm³/mol. The lowest BCUT2D eigenvalue weighted by Crippen LogP contribution is -2.38.